The number of carbonyl (C=O) groups excluding carboxylic acids is 1. The molecule has 1 saturated heterocycles. The van der Waals surface area contributed by atoms with Crippen LogP contribution in [0.5, 0.6) is 0 Å². The zero-order valence-electron chi connectivity index (χ0n) is 13.1. The predicted molar refractivity (Wildman–Crippen MR) is 83.7 cm³/mol. The normalized spacial score (nSPS) is 30.9. The molecule has 1 saturated carbocycles. The fourth-order valence-corrected chi connectivity index (χ4v) is 3.78. The van der Waals surface area contributed by atoms with Crippen molar-refractivity contribution in [2.75, 3.05) is 6.54 Å². The molecule has 0 radical (unpaired) electrons. The molecule has 0 bridgehead atoms. The fourth-order valence-electron chi connectivity index (χ4n) is 3.78. The number of nitrogens with one attached hydrogen (secondary N) is 2. The van der Waals surface area contributed by atoms with E-state index < -0.39 is 0 Å². The molecule has 2 N–H and O–H groups in total. The van der Waals surface area contributed by atoms with Crippen molar-refractivity contribution in [2.24, 2.45) is 5.92 Å². The highest BCUT2D eigenvalue weighted by molar-refractivity contribution is 5.76. The number of hydrogen-bond donors (Lipinski definition) is 2. The van der Waals surface area contributed by atoms with Gasteiger partial charge < -0.3 is 10.6 Å². The van der Waals surface area contributed by atoms with E-state index in [0.717, 1.165) is 18.9 Å². The highest BCUT2D eigenvalue weighted by atomic mass is 16.1. The van der Waals surface area contributed by atoms with Crippen LogP contribution >= 0.6 is 0 Å². The van der Waals surface area contributed by atoms with Gasteiger partial charge in [0.25, 0.3) is 0 Å². The third-order valence-corrected chi connectivity index (χ3v) is 5.04. The summed E-state index contributed by atoms with van der Waals surface area (Å²) in [5.74, 6) is 1.19. The summed E-state index contributed by atoms with van der Waals surface area (Å²) in [7, 11) is 0. The maximum absolute atomic E-state index is 12.0. The lowest BCUT2D eigenvalue weighted by Crippen LogP contribution is -2.39. The molecule has 3 nitrogen and oxygen atoms in total. The van der Waals surface area contributed by atoms with Crippen molar-refractivity contribution in [3.8, 4) is 0 Å². The number of amides is 1. The first-order valence-corrected chi connectivity index (χ1v) is 8.80. The molecule has 1 aliphatic carbocycles. The van der Waals surface area contributed by atoms with Gasteiger partial charge in [-0.1, -0.05) is 26.2 Å². The maximum Gasteiger partial charge on any atom is 0.220 e. The van der Waals surface area contributed by atoms with Crippen LogP contribution in [-0.2, 0) is 4.79 Å². The maximum atomic E-state index is 12.0. The summed E-state index contributed by atoms with van der Waals surface area (Å²) in [4.78, 5) is 12.0. The highest BCUT2D eigenvalue weighted by Crippen LogP contribution is 2.27. The third-order valence-electron chi connectivity index (χ3n) is 5.04. The van der Waals surface area contributed by atoms with Gasteiger partial charge in [0.2, 0.25) is 5.91 Å². The van der Waals surface area contributed by atoms with Crippen LogP contribution in [0.4, 0.5) is 0 Å². The van der Waals surface area contributed by atoms with Gasteiger partial charge in [0, 0.05) is 18.5 Å². The lowest BCUT2D eigenvalue weighted by Gasteiger charge is -2.29. The van der Waals surface area contributed by atoms with E-state index in [2.05, 4.69) is 17.6 Å². The van der Waals surface area contributed by atoms with Gasteiger partial charge in [-0.15, -0.1) is 0 Å². The molecule has 2 fully saturated rings. The van der Waals surface area contributed by atoms with Crippen LogP contribution in [-0.4, -0.2) is 24.5 Å². The monoisotopic (exact) mass is 280 g/mol. The Morgan fingerprint density at radius 1 is 1.10 bits per heavy atom. The molecule has 1 atom stereocenters. The Hall–Kier alpha value is -0.570. The Kier molecular flexibility index (Phi) is 6.85. The molecule has 20 heavy (non-hydrogen) atoms. The van der Waals surface area contributed by atoms with E-state index in [1.54, 1.807) is 0 Å². The van der Waals surface area contributed by atoms with Crippen molar-refractivity contribution >= 4 is 5.91 Å². The predicted octanol–water partition coefficient (Wildman–Crippen LogP) is 3.38. The second-order valence-electron chi connectivity index (χ2n) is 6.76. The topological polar surface area (TPSA) is 41.1 Å². The Morgan fingerprint density at radius 3 is 2.55 bits per heavy atom. The van der Waals surface area contributed by atoms with Crippen LogP contribution in [0.25, 0.3) is 0 Å². The van der Waals surface area contributed by atoms with Gasteiger partial charge in [0.05, 0.1) is 0 Å². The molecule has 0 spiro atoms. The van der Waals surface area contributed by atoms with Crippen LogP contribution < -0.4 is 10.6 Å². The lowest BCUT2D eigenvalue weighted by atomic mass is 9.83. The van der Waals surface area contributed by atoms with Crippen LogP contribution in [0, 0.1) is 5.92 Å². The largest absolute Gasteiger partial charge is 0.353 e. The van der Waals surface area contributed by atoms with Gasteiger partial charge in [0.1, 0.15) is 0 Å². The van der Waals surface area contributed by atoms with Crippen LogP contribution in [0.15, 0.2) is 0 Å². The molecule has 0 aromatic carbocycles. The van der Waals surface area contributed by atoms with Crippen LogP contribution in [0.3, 0.4) is 0 Å². The van der Waals surface area contributed by atoms with Gasteiger partial charge in [-0.25, -0.2) is 0 Å². The molecule has 2 rings (SSSR count). The quantitative estimate of drug-likeness (QED) is 0.783. The molecule has 0 aromatic rings. The zero-order valence-corrected chi connectivity index (χ0v) is 13.1. The number of carbonyl (C=O) groups is 1. The van der Waals surface area contributed by atoms with Gasteiger partial charge in [-0.05, 0) is 57.4 Å². The smallest absolute Gasteiger partial charge is 0.220 e. The summed E-state index contributed by atoms with van der Waals surface area (Å²) >= 11 is 0. The Morgan fingerprint density at radius 2 is 1.90 bits per heavy atom. The minimum atomic E-state index is 0.274. The summed E-state index contributed by atoms with van der Waals surface area (Å²) in [6.45, 7) is 3.40. The van der Waals surface area contributed by atoms with Crippen molar-refractivity contribution in [3.05, 3.63) is 0 Å². The summed E-state index contributed by atoms with van der Waals surface area (Å²) in [6.07, 6.45) is 13.2. The third kappa shape index (κ3) is 5.43. The minimum absolute atomic E-state index is 0.274. The first-order chi connectivity index (χ1) is 9.78. The van der Waals surface area contributed by atoms with Gasteiger partial charge in [0.15, 0.2) is 0 Å². The Balaban J connectivity index is 1.57. The Labute approximate surface area is 124 Å². The van der Waals surface area contributed by atoms with E-state index in [1.165, 1.54) is 57.8 Å². The summed E-state index contributed by atoms with van der Waals surface area (Å²) in [5, 5.41) is 6.77. The molecular weight excluding hydrogens is 248 g/mol. The van der Waals surface area contributed by atoms with Crippen LogP contribution in [0.2, 0.25) is 0 Å². The average Bonchev–Trinajstić information content (AvgIpc) is 2.49. The number of hydrogen-bond acceptors (Lipinski definition) is 2. The van der Waals surface area contributed by atoms with E-state index in [-0.39, 0.29) is 5.91 Å². The van der Waals surface area contributed by atoms with E-state index >= 15 is 0 Å². The van der Waals surface area contributed by atoms with E-state index in [4.69, 9.17) is 0 Å². The van der Waals surface area contributed by atoms with Gasteiger partial charge >= 0.3 is 0 Å². The van der Waals surface area contributed by atoms with E-state index in [9.17, 15) is 4.79 Å². The molecule has 0 aromatic heterocycles. The average molecular weight is 280 g/mol. The van der Waals surface area contributed by atoms with E-state index in [0.29, 0.717) is 18.5 Å². The van der Waals surface area contributed by atoms with Gasteiger partial charge in [-0.2, -0.15) is 0 Å². The van der Waals surface area contributed by atoms with Crippen molar-refractivity contribution < 1.29 is 4.79 Å². The number of rotatable bonds is 6. The second-order valence-corrected chi connectivity index (χ2v) is 6.76. The number of piperidine rings is 1. The van der Waals surface area contributed by atoms with Crippen molar-refractivity contribution in [1.29, 1.82) is 0 Å². The fraction of sp³-hybridized carbons (Fsp3) is 0.941. The molecule has 116 valence electrons. The SMILES string of the molecule is CCCC1CCC(NC(=O)CCC2CCCCN2)CC1. The summed E-state index contributed by atoms with van der Waals surface area (Å²) < 4.78 is 0. The molecule has 1 heterocycles. The molecular formula is C17H32N2O. The molecule has 3 heteroatoms. The Bertz CT molecular complexity index is 279. The second kappa shape index (κ2) is 8.66. The first-order valence-electron chi connectivity index (χ1n) is 8.80. The molecule has 1 unspecified atom stereocenters. The first kappa shape index (κ1) is 15.8. The van der Waals surface area contributed by atoms with Gasteiger partial charge in [-0.3, -0.25) is 4.79 Å². The summed E-state index contributed by atoms with van der Waals surface area (Å²) in [5.41, 5.74) is 0. The highest BCUT2D eigenvalue weighted by Gasteiger charge is 2.22. The van der Waals surface area contributed by atoms with Crippen LogP contribution in [0.1, 0.15) is 77.6 Å². The van der Waals surface area contributed by atoms with Crippen molar-refractivity contribution in [3.63, 3.8) is 0 Å². The lowest BCUT2D eigenvalue weighted by molar-refractivity contribution is -0.122. The van der Waals surface area contributed by atoms with Crippen molar-refractivity contribution in [1.82, 2.24) is 10.6 Å². The minimum Gasteiger partial charge on any atom is -0.353 e. The summed E-state index contributed by atoms with van der Waals surface area (Å²) in [6, 6.07) is 1.03. The van der Waals surface area contributed by atoms with Crippen molar-refractivity contribution in [2.45, 2.75) is 89.6 Å². The molecule has 1 aliphatic heterocycles. The molecule has 1 amide bonds. The standard InChI is InChI=1S/C17H32N2O/c1-2-5-14-7-9-16(10-8-14)19-17(20)12-11-15-6-3-4-13-18-15/h14-16,18H,2-13H2,1H3,(H,19,20). The van der Waals surface area contributed by atoms with E-state index in [1.807, 2.05) is 0 Å². The zero-order chi connectivity index (χ0) is 14.2. The molecule has 2 aliphatic rings.